The predicted octanol–water partition coefficient (Wildman–Crippen LogP) is 3.77. The first-order chi connectivity index (χ1) is 18.5. The van der Waals surface area contributed by atoms with Gasteiger partial charge in [0.05, 0.1) is 31.6 Å². The van der Waals surface area contributed by atoms with Crippen molar-refractivity contribution in [2.24, 2.45) is 0 Å². The molecule has 8 nitrogen and oxygen atoms in total. The van der Waals surface area contributed by atoms with E-state index in [0.29, 0.717) is 6.42 Å². The van der Waals surface area contributed by atoms with Crippen molar-refractivity contribution in [1.29, 1.82) is 0 Å². The van der Waals surface area contributed by atoms with Gasteiger partial charge < -0.3 is 24.4 Å². The average Bonchev–Trinajstić information content (AvgIpc) is 3.57. The van der Waals surface area contributed by atoms with Gasteiger partial charge in [0, 0.05) is 12.0 Å². The van der Waals surface area contributed by atoms with Gasteiger partial charge in [-0.05, 0) is 36.2 Å². The maximum atomic E-state index is 13.8. The molecule has 5 rings (SSSR count). The molecule has 2 aliphatic heterocycles. The summed E-state index contributed by atoms with van der Waals surface area (Å²) < 4.78 is 99.7. The number of aliphatic hydroxyl groups is 2. The fourth-order valence-electron chi connectivity index (χ4n) is 4.95. The fraction of sp³-hybridized carbons (Fsp3) is 0.440. The highest BCUT2D eigenvalue weighted by atomic mass is 19.4. The van der Waals surface area contributed by atoms with Gasteiger partial charge in [-0.2, -0.15) is 13.2 Å². The van der Waals surface area contributed by atoms with E-state index in [0.717, 1.165) is 28.9 Å². The molecule has 2 saturated heterocycles. The van der Waals surface area contributed by atoms with Gasteiger partial charge in [0.1, 0.15) is 30.0 Å². The van der Waals surface area contributed by atoms with Crippen LogP contribution in [0.4, 0.5) is 26.3 Å². The number of aromatic nitrogens is 3. The van der Waals surface area contributed by atoms with Gasteiger partial charge in [-0.1, -0.05) is 17.3 Å². The van der Waals surface area contributed by atoms with Crippen LogP contribution in [-0.4, -0.2) is 62.5 Å². The zero-order chi connectivity index (χ0) is 27.9. The molecule has 0 radical (unpaired) electrons. The fourth-order valence-corrected chi connectivity index (χ4v) is 4.95. The van der Waals surface area contributed by atoms with Crippen LogP contribution in [0, 0.1) is 17.5 Å². The Bertz CT molecular complexity index is 1310. The number of hydrogen-bond acceptors (Lipinski definition) is 7. The SMILES string of the molecule is OC[C@H]1O[C@@]2(CCCO2)C(OCc2cccc(C(F)(F)F)c2)C(n2cc(-c3cc(F)c(F)c(F)c3)nn2)[C@H]1O. The zero-order valence-corrected chi connectivity index (χ0v) is 20.1. The van der Waals surface area contributed by atoms with Crippen LogP contribution in [0.15, 0.2) is 42.6 Å². The Morgan fingerprint density at radius 3 is 2.51 bits per heavy atom. The van der Waals surface area contributed by atoms with Crippen molar-refractivity contribution in [3.05, 3.63) is 71.2 Å². The molecule has 0 amide bonds. The summed E-state index contributed by atoms with van der Waals surface area (Å²) in [5.74, 6) is -6.02. The van der Waals surface area contributed by atoms with Gasteiger partial charge >= 0.3 is 6.18 Å². The Kier molecular flexibility index (Phi) is 7.41. The van der Waals surface area contributed by atoms with E-state index in [2.05, 4.69) is 10.3 Å². The van der Waals surface area contributed by atoms with Crippen molar-refractivity contribution in [2.75, 3.05) is 13.2 Å². The third kappa shape index (κ3) is 5.26. The minimum atomic E-state index is -4.57. The first kappa shape index (κ1) is 27.5. The lowest BCUT2D eigenvalue weighted by molar-refractivity contribution is -0.348. The molecule has 2 aromatic carbocycles. The lowest BCUT2D eigenvalue weighted by Gasteiger charge is -2.49. The van der Waals surface area contributed by atoms with E-state index >= 15 is 0 Å². The third-order valence-corrected chi connectivity index (χ3v) is 6.80. The Hall–Kier alpha value is -3.04. The Labute approximate surface area is 217 Å². The van der Waals surface area contributed by atoms with E-state index < -0.39 is 65.9 Å². The monoisotopic (exact) mass is 559 g/mol. The minimum Gasteiger partial charge on any atom is -0.394 e. The molecule has 0 saturated carbocycles. The summed E-state index contributed by atoms with van der Waals surface area (Å²) in [5, 5.41) is 28.9. The van der Waals surface area contributed by atoms with E-state index in [4.69, 9.17) is 14.2 Å². The number of nitrogens with zero attached hydrogens (tertiary/aromatic N) is 3. The number of hydrogen-bond donors (Lipinski definition) is 2. The first-order valence-electron chi connectivity index (χ1n) is 12.0. The van der Waals surface area contributed by atoms with Crippen LogP contribution in [0.1, 0.15) is 30.0 Å². The largest absolute Gasteiger partial charge is 0.416 e. The van der Waals surface area contributed by atoms with Gasteiger partial charge in [-0.15, -0.1) is 5.10 Å². The summed E-state index contributed by atoms with van der Waals surface area (Å²) in [6.07, 6.45) is -6.31. The number of halogens is 6. The lowest BCUT2D eigenvalue weighted by Crippen LogP contribution is -2.63. The second kappa shape index (κ2) is 10.5. The van der Waals surface area contributed by atoms with Crippen LogP contribution in [-0.2, 0) is 27.0 Å². The standard InChI is InChI=1S/C25H23F6N3O5/c26-16-8-14(9-17(27)20(16)28)18-10-34(33-32-18)21-22(36)19(11-35)39-24(5-2-6-38-24)23(21)37-12-13-3-1-4-15(7-13)25(29,30)31/h1,3-4,7-10,19,21-23,35-36H,2,5-6,11-12H2/t19-,21?,22+,23?,24+/m1/s1. The molecule has 2 aliphatic rings. The van der Waals surface area contributed by atoms with E-state index in [-0.39, 0.29) is 36.5 Å². The van der Waals surface area contributed by atoms with Gasteiger partial charge in [-0.3, -0.25) is 0 Å². The molecule has 5 atom stereocenters. The van der Waals surface area contributed by atoms with Crippen molar-refractivity contribution >= 4 is 0 Å². The summed E-state index contributed by atoms with van der Waals surface area (Å²) >= 11 is 0. The van der Waals surface area contributed by atoms with Gasteiger partial charge in [0.15, 0.2) is 23.2 Å². The van der Waals surface area contributed by atoms with E-state index in [1.165, 1.54) is 18.3 Å². The molecule has 3 aromatic rings. The quantitative estimate of drug-likeness (QED) is 0.351. The Balaban J connectivity index is 1.50. The van der Waals surface area contributed by atoms with Crippen LogP contribution >= 0.6 is 0 Å². The number of rotatable bonds is 6. The molecule has 3 heterocycles. The molecule has 14 heteroatoms. The topological polar surface area (TPSA) is 98.9 Å². The van der Waals surface area contributed by atoms with Crippen molar-refractivity contribution in [1.82, 2.24) is 15.0 Å². The molecule has 2 fully saturated rings. The second-order valence-electron chi connectivity index (χ2n) is 9.35. The number of ether oxygens (including phenoxy) is 3. The maximum Gasteiger partial charge on any atom is 0.416 e. The Morgan fingerprint density at radius 1 is 1.13 bits per heavy atom. The minimum absolute atomic E-state index is 0.0648. The van der Waals surface area contributed by atoms with E-state index in [9.17, 15) is 36.6 Å². The normalized spacial score (nSPS) is 27.4. The molecule has 0 bridgehead atoms. The van der Waals surface area contributed by atoms with Gasteiger partial charge in [0.25, 0.3) is 0 Å². The number of benzene rings is 2. The molecule has 39 heavy (non-hydrogen) atoms. The highest BCUT2D eigenvalue weighted by Crippen LogP contribution is 2.45. The molecule has 2 unspecified atom stereocenters. The number of aliphatic hydroxyl groups excluding tert-OH is 2. The van der Waals surface area contributed by atoms with E-state index in [1.807, 2.05) is 0 Å². The summed E-state index contributed by atoms with van der Waals surface area (Å²) in [6.45, 7) is -0.688. The second-order valence-corrected chi connectivity index (χ2v) is 9.35. The zero-order valence-electron chi connectivity index (χ0n) is 20.1. The van der Waals surface area contributed by atoms with Gasteiger partial charge in [0.2, 0.25) is 0 Å². The molecule has 2 N–H and O–H groups in total. The van der Waals surface area contributed by atoms with E-state index in [1.54, 1.807) is 0 Å². The van der Waals surface area contributed by atoms with Crippen LogP contribution in [0.2, 0.25) is 0 Å². The average molecular weight is 559 g/mol. The number of alkyl halides is 3. The highest BCUT2D eigenvalue weighted by molar-refractivity contribution is 5.58. The molecule has 1 aromatic heterocycles. The highest BCUT2D eigenvalue weighted by Gasteiger charge is 2.58. The van der Waals surface area contributed by atoms with Crippen LogP contribution in [0.25, 0.3) is 11.3 Å². The third-order valence-electron chi connectivity index (χ3n) is 6.80. The molecular weight excluding hydrogens is 536 g/mol. The van der Waals surface area contributed by atoms with Crippen LogP contribution in [0.3, 0.4) is 0 Å². The summed E-state index contributed by atoms with van der Waals surface area (Å²) in [6, 6.07) is 4.83. The first-order valence-corrected chi connectivity index (χ1v) is 12.0. The summed E-state index contributed by atoms with van der Waals surface area (Å²) in [4.78, 5) is 0. The summed E-state index contributed by atoms with van der Waals surface area (Å²) in [7, 11) is 0. The smallest absolute Gasteiger partial charge is 0.394 e. The molecular formula is C25H23F6N3O5. The maximum absolute atomic E-state index is 13.8. The predicted molar refractivity (Wildman–Crippen MR) is 120 cm³/mol. The molecule has 0 aliphatic carbocycles. The van der Waals surface area contributed by atoms with Crippen molar-refractivity contribution in [3.63, 3.8) is 0 Å². The van der Waals surface area contributed by atoms with Crippen LogP contribution in [0.5, 0.6) is 0 Å². The van der Waals surface area contributed by atoms with Gasteiger partial charge in [-0.25, -0.2) is 17.9 Å². The lowest BCUT2D eigenvalue weighted by atomic mass is 9.88. The van der Waals surface area contributed by atoms with Crippen molar-refractivity contribution in [3.8, 4) is 11.3 Å². The van der Waals surface area contributed by atoms with Crippen molar-refractivity contribution in [2.45, 2.75) is 55.8 Å². The molecule has 1 spiro atoms. The molecule has 210 valence electrons. The Morgan fingerprint density at radius 2 is 1.87 bits per heavy atom. The summed E-state index contributed by atoms with van der Waals surface area (Å²) in [5.41, 5.74) is -0.879. The van der Waals surface area contributed by atoms with Crippen molar-refractivity contribution < 1.29 is 50.8 Å². The van der Waals surface area contributed by atoms with Crippen LogP contribution < -0.4 is 0 Å².